The highest BCUT2D eigenvalue weighted by Gasteiger charge is 2.38. The molecule has 0 radical (unpaired) electrons. The Bertz CT molecular complexity index is 295. The molecule has 0 aromatic carbocycles. The second kappa shape index (κ2) is 3.01. The van der Waals surface area contributed by atoms with E-state index < -0.39 is 0 Å². The molecular formula is C9H15N3O. The van der Waals surface area contributed by atoms with Crippen molar-refractivity contribution in [3.8, 4) is 0 Å². The summed E-state index contributed by atoms with van der Waals surface area (Å²) in [6.45, 7) is 6.30. The number of hydrogen-bond acceptors (Lipinski definition) is 4. The fourth-order valence-corrected chi connectivity index (χ4v) is 1.37. The molecule has 1 aliphatic rings. The normalized spacial score (nSPS) is 26.5. The van der Waals surface area contributed by atoms with Gasteiger partial charge < -0.3 is 9.84 Å². The first-order valence-electron chi connectivity index (χ1n) is 4.77. The molecule has 4 nitrogen and oxygen atoms in total. The summed E-state index contributed by atoms with van der Waals surface area (Å²) in [7, 11) is 0. The average molecular weight is 181 g/mol. The van der Waals surface area contributed by atoms with E-state index >= 15 is 0 Å². The van der Waals surface area contributed by atoms with Crippen molar-refractivity contribution < 1.29 is 4.52 Å². The first-order valence-corrected chi connectivity index (χ1v) is 4.77. The lowest BCUT2D eigenvalue weighted by molar-refractivity contribution is 0.419. The van der Waals surface area contributed by atoms with Crippen molar-refractivity contribution in [2.45, 2.75) is 39.2 Å². The minimum atomic E-state index is 0.338. The lowest BCUT2D eigenvalue weighted by atomic mass is 10.3. The van der Waals surface area contributed by atoms with Crippen LogP contribution in [0.4, 0.5) is 6.01 Å². The Morgan fingerprint density at radius 3 is 2.77 bits per heavy atom. The summed E-state index contributed by atoms with van der Waals surface area (Å²) >= 11 is 0. The van der Waals surface area contributed by atoms with E-state index in [9.17, 15) is 0 Å². The zero-order valence-corrected chi connectivity index (χ0v) is 8.24. The maximum absolute atomic E-state index is 5.05. The second-order valence-corrected chi connectivity index (χ2v) is 4.08. The molecule has 1 saturated carbocycles. The minimum Gasteiger partial charge on any atom is -0.336 e. The Hall–Kier alpha value is -1.06. The van der Waals surface area contributed by atoms with Gasteiger partial charge in [-0.1, -0.05) is 12.1 Å². The van der Waals surface area contributed by atoms with Crippen LogP contribution >= 0.6 is 0 Å². The zero-order valence-electron chi connectivity index (χ0n) is 8.24. The Kier molecular flexibility index (Phi) is 1.98. The molecule has 2 atom stereocenters. The van der Waals surface area contributed by atoms with Crippen molar-refractivity contribution in [2.24, 2.45) is 5.92 Å². The fraction of sp³-hybridized carbons (Fsp3) is 0.778. The number of aromatic nitrogens is 2. The molecule has 72 valence electrons. The van der Waals surface area contributed by atoms with Gasteiger partial charge in [0.15, 0.2) is 5.82 Å². The Balaban J connectivity index is 2.01. The quantitative estimate of drug-likeness (QED) is 0.775. The van der Waals surface area contributed by atoms with Gasteiger partial charge in [0.2, 0.25) is 0 Å². The van der Waals surface area contributed by atoms with Crippen LogP contribution in [0.5, 0.6) is 0 Å². The van der Waals surface area contributed by atoms with Gasteiger partial charge in [0.05, 0.1) is 0 Å². The van der Waals surface area contributed by atoms with Gasteiger partial charge in [-0.3, -0.25) is 0 Å². The van der Waals surface area contributed by atoms with Crippen LogP contribution in [-0.4, -0.2) is 16.2 Å². The van der Waals surface area contributed by atoms with Crippen LogP contribution in [0.15, 0.2) is 4.52 Å². The molecule has 4 heteroatoms. The predicted octanol–water partition coefficient (Wildman–Crippen LogP) is 2.01. The third-order valence-corrected chi connectivity index (χ3v) is 2.30. The zero-order chi connectivity index (χ0) is 9.42. The van der Waals surface area contributed by atoms with Gasteiger partial charge in [-0.2, -0.15) is 4.98 Å². The van der Waals surface area contributed by atoms with E-state index in [1.54, 1.807) is 0 Å². The monoisotopic (exact) mass is 181 g/mol. The van der Waals surface area contributed by atoms with E-state index in [1.807, 2.05) is 13.8 Å². The maximum atomic E-state index is 5.05. The minimum absolute atomic E-state index is 0.338. The molecule has 1 N–H and O–H groups in total. The third-order valence-electron chi connectivity index (χ3n) is 2.30. The van der Waals surface area contributed by atoms with Gasteiger partial charge in [0.1, 0.15) is 0 Å². The SMILES string of the molecule is CC(C)Nc1nc(C2CC2C)no1. The van der Waals surface area contributed by atoms with Gasteiger partial charge in [-0.05, 0) is 26.2 Å². The van der Waals surface area contributed by atoms with Crippen molar-refractivity contribution >= 4 is 6.01 Å². The maximum Gasteiger partial charge on any atom is 0.321 e. The molecule has 1 fully saturated rings. The van der Waals surface area contributed by atoms with E-state index in [4.69, 9.17) is 4.52 Å². The van der Waals surface area contributed by atoms with Crippen LogP contribution in [0, 0.1) is 5.92 Å². The van der Waals surface area contributed by atoms with Gasteiger partial charge in [-0.25, -0.2) is 0 Å². The average Bonchev–Trinajstić information content (AvgIpc) is 2.60. The first-order chi connectivity index (χ1) is 6.16. The van der Waals surface area contributed by atoms with E-state index in [0.29, 0.717) is 18.0 Å². The summed E-state index contributed by atoms with van der Waals surface area (Å²) in [5.41, 5.74) is 0. The summed E-state index contributed by atoms with van der Waals surface area (Å²) in [4.78, 5) is 4.27. The van der Waals surface area contributed by atoms with Gasteiger partial charge >= 0.3 is 6.01 Å². The highest BCUT2D eigenvalue weighted by atomic mass is 16.5. The molecule has 0 bridgehead atoms. The van der Waals surface area contributed by atoms with Gasteiger partial charge in [0.25, 0.3) is 0 Å². The molecule has 0 aliphatic heterocycles. The summed E-state index contributed by atoms with van der Waals surface area (Å²) in [6.07, 6.45) is 1.20. The van der Waals surface area contributed by atoms with Crippen molar-refractivity contribution in [3.05, 3.63) is 5.82 Å². The van der Waals surface area contributed by atoms with E-state index in [1.165, 1.54) is 6.42 Å². The summed E-state index contributed by atoms with van der Waals surface area (Å²) in [6, 6.07) is 0.883. The smallest absolute Gasteiger partial charge is 0.321 e. The topological polar surface area (TPSA) is 51.0 Å². The molecule has 13 heavy (non-hydrogen) atoms. The summed E-state index contributed by atoms with van der Waals surface area (Å²) < 4.78 is 5.05. The molecule has 1 heterocycles. The predicted molar refractivity (Wildman–Crippen MR) is 49.6 cm³/mol. The van der Waals surface area contributed by atoms with Crippen LogP contribution < -0.4 is 5.32 Å². The number of hydrogen-bond donors (Lipinski definition) is 1. The highest BCUT2D eigenvalue weighted by molar-refractivity contribution is 5.22. The first kappa shape index (κ1) is 8.53. The Morgan fingerprint density at radius 1 is 1.54 bits per heavy atom. The van der Waals surface area contributed by atoms with Crippen molar-refractivity contribution in [3.63, 3.8) is 0 Å². The van der Waals surface area contributed by atoms with E-state index in [-0.39, 0.29) is 0 Å². The molecule has 0 amide bonds. The van der Waals surface area contributed by atoms with E-state index in [2.05, 4.69) is 22.4 Å². The van der Waals surface area contributed by atoms with Crippen LogP contribution in [0.3, 0.4) is 0 Å². The van der Waals surface area contributed by atoms with Gasteiger partial charge in [0, 0.05) is 12.0 Å². The lowest BCUT2D eigenvalue weighted by Gasteiger charge is -2.01. The molecule has 1 aromatic rings. The molecule has 0 saturated heterocycles. The molecule has 0 spiro atoms. The Labute approximate surface area is 77.7 Å². The molecule has 1 aliphatic carbocycles. The standard InChI is InChI=1S/C9H15N3O/c1-5(2)10-9-11-8(12-13-9)7-4-6(7)3/h5-7H,4H2,1-3H3,(H,10,11,12). The molecule has 2 unspecified atom stereocenters. The largest absolute Gasteiger partial charge is 0.336 e. The van der Waals surface area contributed by atoms with Crippen molar-refractivity contribution in [1.29, 1.82) is 0 Å². The van der Waals surface area contributed by atoms with Crippen LogP contribution in [0.2, 0.25) is 0 Å². The summed E-state index contributed by atoms with van der Waals surface area (Å²) in [5, 5.41) is 7.02. The lowest BCUT2D eigenvalue weighted by Crippen LogP contribution is -2.09. The Morgan fingerprint density at radius 2 is 2.23 bits per heavy atom. The highest BCUT2D eigenvalue weighted by Crippen LogP contribution is 2.45. The number of rotatable bonds is 3. The van der Waals surface area contributed by atoms with Crippen LogP contribution in [0.25, 0.3) is 0 Å². The number of anilines is 1. The fourth-order valence-electron chi connectivity index (χ4n) is 1.37. The van der Waals surface area contributed by atoms with E-state index in [0.717, 1.165) is 11.7 Å². The molecule has 1 aromatic heterocycles. The number of nitrogens with zero attached hydrogens (tertiary/aromatic N) is 2. The molecule has 2 rings (SSSR count). The van der Waals surface area contributed by atoms with Crippen molar-refractivity contribution in [1.82, 2.24) is 10.1 Å². The summed E-state index contributed by atoms with van der Waals surface area (Å²) in [5.74, 6) is 2.12. The molecular weight excluding hydrogens is 166 g/mol. The van der Waals surface area contributed by atoms with Crippen molar-refractivity contribution in [2.75, 3.05) is 5.32 Å². The van der Waals surface area contributed by atoms with Gasteiger partial charge in [-0.15, -0.1) is 0 Å². The third kappa shape index (κ3) is 1.82. The van der Waals surface area contributed by atoms with Crippen LogP contribution in [0.1, 0.15) is 38.9 Å². The number of nitrogens with one attached hydrogen (secondary N) is 1. The van der Waals surface area contributed by atoms with Crippen LogP contribution in [-0.2, 0) is 0 Å². The second-order valence-electron chi connectivity index (χ2n) is 4.08.